The molecule has 1 amide bonds. The van der Waals surface area contributed by atoms with Gasteiger partial charge in [-0.3, -0.25) is 9.69 Å². The Kier molecular flexibility index (Phi) is 6.01. The topological polar surface area (TPSA) is 104 Å². The van der Waals surface area contributed by atoms with Crippen LogP contribution in [0.3, 0.4) is 0 Å². The number of aliphatic imine (C=N–C) groups is 2. The second-order valence-corrected chi connectivity index (χ2v) is 9.33. The van der Waals surface area contributed by atoms with Crippen LogP contribution >= 0.6 is 11.6 Å². The van der Waals surface area contributed by atoms with Gasteiger partial charge >= 0.3 is 0 Å². The summed E-state index contributed by atoms with van der Waals surface area (Å²) in [6, 6.07) is 6.00. The van der Waals surface area contributed by atoms with E-state index < -0.39 is 5.66 Å². The van der Waals surface area contributed by atoms with Crippen LogP contribution in [0, 0.1) is 5.92 Å². The third-order valence-electron chi connectivity index (χ3n) is 6.47. The molecule has 0 aromatic heterocycles. The van der Waals surface area contributed by atoms with Gasteiger partial charge in [-0.05, 0) is 43.9 Å². The summed E-state index contributed by atoms with van der Waals surface area (Å²) in [6.07, 6.45) is 5.11. The number of halogens is 1. The summed E-state index contributed by atoms with van der Waals surface area (Å²) in [6.45, 7) is 6.81. The van der Waals surface area contributed by atoms with Gasteiger partial charge in [-0.2, -0.15) is 4.99 Å². The van der Waals surface area contributed by atoms with E-state index in [0.717, 1.165) is 50.1 Å². The fourth-order valence-electron chi connectivity index (χ4n) is 4.92. The average Bonchev–Trinajstić information content (AvgIpc) is 2.73. The van der Waals surface area contributed by atoms with E-state index in [9.17, 15) is 4.79 Å². The number of benzene rings is 1. The maximum atomic E-state index is 12.3. The Labute approximate surface area is 188 Å². The molecule has 1 saturated heterocycles. The number of nitrogens with zero attached hydrogens (tertiary/aromatic N) is 5. The number of rotatable bonds is 3. The first kappa shape index (κ1) is 21.7. The van der Waals surface area contributed by atoms with Crippen LogP contribution in [0.1, 0.15) is 46.0 Å². The van der Waals surface area contributed by atoms with Crippen LogP contribution in [0.5, 0.6) is 0 Å². The van der Waals surface area contributed by atoms with Gasteiger partial charge in [-0.15, -0.1) is 0 Å². The molecule has 0 unspecified atom stereocenters. The van der Waals surface area contributed by atoms with Gasteiger partial charge in [0.2, 0.25) is 17.8 Å². The van der Waals surface area contributed by atoms with E-state index in [-0.39, 0.29) is 17.8 Å². The van der Waals surface area contributed by atoms with Gasteiger partial charge < -0.3 is 21.3 Å². The van der Waals surface area contributed by atoms with Gasteiger partial charge in [0.15, 0.2) is 0 Å². The van der Waals surface area contributed by atoms with Crippen molar-refractivity contribution < 1.29 is 4.79 Å². The molecule has 9 heteroatoms. The van der Waals surface area contributed by atoms with Crippen LogP contribution in [0.15, 0.2) is 28.2 Å². The average molecular weight is 446 g/mol. The van der Waals surface area contributed by atoms with E-state index in [0.29, 0.717) is 24.1 Å². The van der Waals surface area contributed by atoms with Crippen molar-refractivity contribution in [2.24, 2.45) is 27.4 Å². The Morgan fingerprint density at radius 3 is 2.39 bits per heavy atom. The quantitative estimate of drug-likeness (QED) is 0.744. The van der Waals surface area contributed by atoms with Crippen molar-refractivity contribution in [1.82, 2.24) is 4.90 Å². The number of nitrogens with two attached hydrogens (primary N) is 2. The number of amides is 1. The molecule has 31 heavy (non-hydrogen) atoms. The zero-order chi connectivity index (χ0) is 22.2. The van der Waals surface area contributed by atoms with E-state index in [1.54, 1.807) is 0 Å². The normalized spacial score (nSPS) is 21.4. The van der Waals surface area contributed by atoms with E-state index in [1.807, 2.05) is 41.8 Å². The molecule has 1 spiro atoms. The molecule has 3 aliphatic rings. The van der Waals surface area contributed by atoms with Crippen molar-refractivity contribution in [3.05, 3.63) is 23.2 Å². The first-order chi connectivity index (χ1) is 14.8. The maximum Gasteiger partial charge on any atom is 0.225 e. The van der Waals surface area contributed by atoms with Gasteiger partial charge in [0.05, 0.1) is 10.7 Å². The standard InChI is InChI=1S/C22H32ClN7O/c1-15(2)19(31)29-12-10-28(11-13-29)18-7-6-16(14-17(18)23)30-21(25)26-20(24)27-22(30)8-4-3-5-9-22/h6-7,14-15H,3-5,8-13H2,1-2H3,(H4,24,25,26,27). The highest BCUT2D eigenvalue weighted by Crippen LogP contribution is 2.41. The first-order valence-electron chi connectivity index (χ1n) is 11.1. The van der Waals surface area contributed by atoms with Crippen LogP contribution in [-0.2, 0) is 4.79 Å². The summed E-state index contributed by atoms with van der Waals surface area (Å²) >= 11 is 6.75. The number of hydrogen-bond acceptors (Lipinski definition) is 7. The van der Waals surface area contributed by atoms with Crippen molar-refractivity contribution in [3.63, 3.8) is 0 Å². The summed E-state index contributed by atoms with van der Waals surface area (Å²) in [5.74, 6) is 0.833. The summed E-state index contributed by atoms with van der Waals surface area (Å²) in [5.41, 5.74) is 13.7. The number of guanidine groups is 2. The van der Waals surface area contributed by atoms with Crippen LogP contribution in [-0.4, -0.2) is 54.6 Å². The van der Waals surface area contributed by atoms with Gasteiger partial charge in [-0.25, -0.2) is 4.99 Å². The van der Waals surface area contributed by atoms with Gasteiger partial charge in [-0.1, -0.05) is 31.9 Å². The lowest BCUT2D eigenvalue weighted by Gasteiger charge is -2.45. The second kappa shape index (κ2) is 8.57. The lowest BCUT2D eigenvalue weighted by molar-refractivity contribution is -0.134. The van der Waals surface area contributed by atoms with E-state index in [4.69, 9.17) is 28.1 Å². The van der Waals surface area contributed by atoms with Gasteiger partial charge in [0.1, 0.15) is 5.66 Å². The first-order valence-corrected chi connectivity index (χ1v) is 11.5. The molecule has 1 saturated carbocycles. The Hall–Kier alpha value is -2.48. The third kappa shape index (κ3) is 4.18. The number of anilines is 2. The van der Waals surface area contributed by atoms with Crippen molar-refractivity contribution in [2.45, 2.75) is 51.6 Å². The number of carbonyl (C=O) groups excluding carboxylic acids is 1. The molecule has 1 aromatic rings. The third-order valence-corrected chi connectivity index (χ3v) is 6.77. The Bertz CT molecular complexity index is 899. The van der Waals surface area contributed by atoms with Crippen LogP contribution in [0.2, 0.25) is 5.02 Å². The van der Waals surface area contributed by atoms with Gasteiger partial charge in [0.25, 0.3) is 0 Å². The minimum atomic E-state index is -0.484. The Morgan fingerprint density at radius 1 is 1.10 bits per heavy atom. The molecule has 0 atom stereocenters. The van der Waals surface area contributed by atoms with E-state index >= 15 is 0 Å². The van der Waals surface area contributed by atoms with Crippen molar-refractivity contribution in [3.8, 4) is 0 Å². The minimum absolute atomic E-state index is 0.0230. The lowest BCUT2D eigenvalue weighted by atomic mass is 9.87. The number of piperazine rings is 1. The van der Waals surface area contributed by atoms with Crippen molar-refractivity contribution in [2.75, 3.05) is 36.0 Å². The molecule has 1 aliphatic carbocycles. The molecule has 2 fully saturated rings. The SMILES string of the molecule is CC(C)C(=O)N1CCN(c2ccc(N3C(N)=NC(N)=NC34CCCCC4)cc2Cl)CC1. The number of hydrogen-bond donors (Lipinski definition) is 2. The fourth-order valence-corrected chi connectivity index (χ4v) is 5.21. The lowest BCUT2D eigenvalue weighted by Crippen LogP contribution is -2.58. The highest BCUT2D eigenvalue weighted by atomic mass is 35.5. The largest absolute Gasteiger partial charge is 0.369 e. The number of carbonyl (C=O) groups is 1. The molecule has 0 radical (unpaired) electrons. The predicted molar refractivity (Wildman–Crippen MR) is 127 cm³/mol. The summed E-state index contributed by atoms with van der Waals surface area (Å²) < 4.78 is 0. The van der Waals surface area contributed by atoms with Crippen LogP contribution < -0.4 is 21.3 Å². The van der Waals surface area contributed by atoms with Gasteiger partial charge in [0, 0.05) is 37.8 Å². The molecule has 2 aliphatic heterocycles. The monoisotopic (exact) mass is 445 g/mol. The zero-order valence-corrected chi connectivity index (χ0v) is 19.1. The zero-order valence-electron chi connectivity index (χ0n) is 18.4. The predicted octanol–water partition coefficient (Wildman–Crippen LogP) is 2.75. The smallest absolute Gasteiger partial charge is 0.225 e. The Balaban J connectivity index is 1.55. The van der Waals surface area contributed by atoms with E-state index in [1.165, 1.54) is 6.42 Å². The minimum Gasteiger partial charge on any atom is -0.369 e. The molecule has 4 N–H and O–H groups in total. The Morgan fingerprint density at radius 2 is 1.77 bits per heavy atom. The molecular formula is C22H32ClN7O. The summed E-state index contributed by atoms with van der Waals surface area (Å²) in [4.78, 5) is 27.4. The molecule has 168 valence electrons. The summed E-state index contributed by atoms with van der Waals surface area (Å²) in [7, 11) is 0. The van der Waals surface area contributed by atoms with Crippen molar-refractivity contribution in [1.29, 1.82) is 0 Å². The molecule has 2 heterocycles. The summed E-state index contributed by atoms with van der Waals surface area (Å²) in [5, 5.41) is 0.655. The van der Waals surface area contributed by atoms with Crippen LogP contribution in [0.25, 0.3) is 0 Å². The van der Waals surface area contributed by atoms with Crippen molar-refractivity contribution >= 4 is 40.8 Å². The molecule has 8 nitrogen and oxygen atoms in total. The molecular weight excluding hydrogens is 414 g/mol. The molecule has 1 aromatic carbocycles. The molecule has 0 bridgehead atoms. The highest BCUT2D eigenvalue weighted by Gasteiger charge is 2.42. The second-order valence-electron chi connectivity index (χ2n) is 8.92. The highest BCUT2D eigenvalue weighted by molar-refractivity contribution is 6.33. The maximum absolute atomic E-state index is 12.3. The molecule has 4 rings (SSSR count). The van der Waals surface area contributed by atoms with Crippen LogP contribution in [0.4, 0.5) is 11.4 Å². The fraction of sp³-hybridized carbons (Fsp3) is 0.591. The van der Waals surface area contributed by atoms with E-state index in [2.05, 4.69) is 9.89 Å².